The number of hydrogen-bond acceptors (Lipinski definition) is 8. The van der Waals surface area contributed by atoms with E-state index in [9.17, 15) is 16.8 Å². The van der Waals surface area contributed by atoms with E-state index < -0.39 is 20.0 Å². The maximum absolute atomic E-state index is 11.8. The maximum Gasteiger partial charge on any atom is 0.253 e. The Bertz CT molecular complexity index is 1480. The lowest BCUT2D eigenvalue weighted by molar-refractivity contribution is 0.583. The third-order valence-electron chi connectivity index (χ3n) is 5.57. The normalized spacial score (nSPS) is 11.7. The first kappa shape index (κ1) is 27.3. The van der Waals surface area contributed by atoms with Crippen molar-refractivity contribution in [2.24, 2.45) is 11.7 Å². The molecule has 0 aromatic heterocycles. The van der Waals surface area contributed by atoms with Crippen LogP contribution in [0.15, 0.2) is 82.6 Å². The second-order valence-corrected chi connectivity index (χ2v) is 11.7. The Morgan fingerprint density at radius 3 is 1.14 bits per heavy atom. The Kier molecular flexibility index (Phi) is 8.19. The van der Waals surface area contributed by atoms with Crippen molar-refractivity contribution in [2.45, 2.75) is 9.79 Å². The quantitative estimate of drug-likeness (QED) is 0.219. The van der Waals surface area contributed by atoms with Crippen molar-refractivity contribution in [1.82, 2.24) is 9.66 Å². The molecular formula is C24H30N6O4S2. The molecule has 0 atom stereocenters. The van der Waals surface area contributed by atoms with Crippen molar-refractivity contribution in [1.29, 1.82) is 0 Å². The van der Waals surface area contributed by atoms with Gasteiger partial charge in [0, 0.05) is 61.1 Å². The van der Waals surface area contributed by atoms with Gasteiger partial charge in [0.05, 0.1) is 9.79 Å². The highest BCUT2D eigenvalue weighted by molar-refractivity contribution is 7.90. The zero-order chi connectivity index (χ0) is 26.7. The smallest absolute Gasteiger partial charge is 0.253 e. The molecule has 0 aliphatic carbocycles. The lowest BCUT2D eigenvalue weighted by Crippen LogP contribution is -2.30. The lowest BCUT2D eigenvalue weighted by atomic mass is 10.1. The Hall–Kier alpha value is -3.26. The Morgan fingerprint density at radius 1 is 0.528 bits per heavy atom. The molecule has 12 heteroatoms. The molecule has 0 amide bonds. The molecule has 0 unspecified atom stereocenters. The van der Waals surface area contributed by atoms with E-state index in [1.54, 1.807) is 24.3 Å². The van der Waals surface area contributed by atoms with Gasteiger partial charge in [0.2, 0.25) is 0 Å². The molecule has 0 aliphatic heterocycles. The van der Waals surface area contributed by atoms with Gasteiger partial charge in [0.1, 0.15) is 0 Å². The molecule has 0 spiro atoms. The third-order valence-corrected chi connectivity index (χ3v) is 8.06. The van der Waals surface area contributed by atoms with Crippen LogP contribution in [0.1, 0.15) is 0 Å². The van der Waals surface area contributed by atoms with Gasteiger partial charge in [0.25, 0.3) is 20.0 Å². The minimum absolute atomic E-state index is 0.186. The number of hydrogen-bond donors (Lipinski definition) is 4. The number of anilines is 2. The van der Waals surface area contributed by atoms with Crippen molar-refractivity contribution in [3.63, 3.8) is 0 Å². The minimum Gasteiger partial charge on any atom is -0.377 e. The van der Waals surface area contributed by atoms with Crippen LogP contribution in [0, 0.1) is 0 Å². The first-order valence-corrected chi connectivity index (χ1v) is 13.7. The van der Waals surface area contributed by atoms with Crippen LogP contribution in [0.25, 0.3) is 21.5 Å². The summed E-state index contributed by atoms with van der Waals surface area (Å²) in [5.41, 5.74) is 1.92. The number of nitrogens with one attached hydrogen (secondary N) is 2. The van der Waals surface area contributed by atoms with Crippen LogP contribution in [-0.2, 0) is 20.0 Å². The van der Waals surface area contributed by atoms with Gasteiger partial charge in [-0.25, -0.2) is 16.8 Å². The summed E-state index contributed by atoms with van der Waals surface area (Å²) in [7, 11) is 0.339. The number of rotatable bonds is 6. The van der Waals surface area contributed by atoms with Gasteiger partial charge < -0.3 is 9.80 Å². The predicted molar refractivity (Wildman–Crippen MR) is 146 cm³/mol. The average molecular weight is 531 g/mol. The number of nitrogens with two attached hydrogens (primary N) is 2. The molecule has 6 N–H and O–H groups in total. The van der Waals surface area contributed by atoms with Gasteiger partial charge in [-0.1, -0.05) is 48.5 Å². The molecule has 0 heterocycles. The van der Waals surface area contributed by atoms with Gasteiger partial charge in [0.15, 0.2) is 0 Å². The van der Waals surface area contributed by atoms with Crippen LogP contribution >= 0.6 is 0 Å². The number of fused-ring (bicyclic) bond motifs is 2. The van der Waals surface area contributed by atoms with Gasteiger partial charge in [-0.2, -0.15) is 9.66 Å². The van der Waals surface area contributed by atoms with Crippen LogP contribution in [0.4, 0.5) is 11.4 Å². The zero-order valence-corrected chi connectivity index (χ0v) is 22.1. The largest absolute Gasteiger partial charge is 0.377 e. The molecular weight excluding hydrogens is 500 g/mol. The highest BCUT2D eigenvalue weighted by atomic mass is 32.2. The van der Waals surface area contributed by atoms with E-state index >= 15 is 0 Å². The van der Waals surface area contributed by atoms with Gasteiger partial charge >= 0.3 is 0 Å². The van der Waals surface area contributed by atoms with E-state index in [-0.39, 0.29) is 9.79 Å². The summed E-state index contributed by atoms with van der Waals surface area (Å²) in [6.07, 6.45) is 0. The third kappa shape index (κ3) is 5.43. The fourth-order valence-corrected chi connectivity index (χ4v) is 5.61. The van der Waals surface area contributed by atoms with E-state index in [2.05, 4.69) is 0 Å². The number of nitrogens with zero attached hydrogens (tertiary/aromatic N) is 2. The van der Waals surface area contributed by atoms with E-state index in [4.69, 9.17) is 11.7 Å². The first-order valence-electron chi connectivity index (χ1n) is 10.8. The molecule has 192 valence electrons. The number of sulfonamides is 2. The summed E-state index contributed by atoms with van der Waals surface area (Å²) in [5.74, 6) is 10.2. The molecule has 0 saturated carbocycles. The Morgan fingerprint density at radius 2 is 0.833 bits per heavy atom. The fraction of sp³-hybridized carbons (Fsp3) is 0.167. The summed E-state index contributed by atoms with van der Waals surface area (Å²) in [6, 6.07) is 21.3. The summed E-state index contributed by atoms with van der Waals surface area (Å²) >= 11 is 0. The van der Waals surface area contributed by atoms with Crippen molar-refractivity contribution in [3.05, 3.63) is 72.8 Å². The van der Waals surface area contributed by atoms with Crippen molar-refractivity contribution < 1.29 is 16.8 Å². The second kappa shape index (κ2) is 10.8. The molecule has 4 aromatic rings. The maximum atomic E-state index is 11.8. The molecule has 0 saturated heterocycles. The molecule has 0 aliphatic rings. The van der Waals surface area contributed by atoms with E-state index in [0.717, 1.165) is 22.1 Å². The van der Waals surface area contributed by atoms with Crippen LogP contribution in [-0.4, -0.2) is 45.0 Å². The van der Waals surface area contributed by atoms with E-state index in [0.29, 0.717) is 10.8 Å². The van der Waals surface area contributed by atoms with Crippen LogP contribution in [0.3, 0.4) is 0 Å². The molecule has 4 aromatic carbocycles. The van der Waals surface area contributed by atoms with Gasteiger partial charge in [-0.3, -0.25) is 11.7 Å². The van der Waals surface area contributed by atoms with Crippen molar-refractivity contribution in [3.8, 4) is 0 Å². The Balaban J connectivity index is 0.000000201. The molecule has 36 heavy (non-hydrogen) atoms. The highest BCUT2D eigenvalue weighted by Gasteiger charge is 2.17. The molecule has 4 rings (SSSR count). The monoisotopic (exact) mass is 530 g/mol. The van der Waals surface area contributed by atoms with E-state index in [1.807, 2.05) is 84.1 Å². The SMILES string of the molecule is CN(C)c1cccc2c(S(=O)(=O)NN)cccc12.CN(C)c1cccc2c(S(=O)(=O)NN)cccc12. The topological polar surface area (TPSA) is 151 Å². The number of benzene rings is 4. The lowest BCUT2D eigenvalue weighted by Gasteiger charge is -2.16. The van der Waals surface area contributed by atoms with Crippen molar-refractivity contribution in [2.75, 3.05) is 38.0 Å². The van der Waals surface area contributed by atoms with Crippen LogP contribution < -0.4 is 31.1 Å². The van der Waals surface area contributed by atoms with Crippen LogP contribution in [0.2, 0.25) is 0 Å². The molecule has 10 nitrogen and oxygen atoms in total. The summed E-state index contributed by atoms with van der Waals surface area (Å²) < 4.78 is 47.4. The number of hydrazine groups is 2. The fourth-order valence-electron chi connectivity index (χ4n) is 3.90. The van der Waals surface area contributed by atoms with Gasteiger partial charge in [-0.15, -0.1) is 0 Å². The van der Waals surface area contributed by atoms with E-state index in [1.165, 1.54) is 12.1 Å². The minimum atomic E-state index is -3.66. The van der Waals surface area contributed by atoms with Crippen molar-refractivity contribution >= 4 is 53.0 Å². The molecule has 0 fully saturated rings. The first-order chi connectivity index (χ1) is 16.9. The summed E-state index contributed by atoms with van der Waals surface area (Å²) in [6.45, 7) is 0. The Labute approximate surface area is 211 Å². The van der Waals surface area contributed by atoms with Crippen LogP contribution in [0.5, 0.6) is 0 Å². The second-order valence-electron chi connectivity index (χ2n) is 8.29. The highest BCUT2D eigenvalue weighted by Crippen LogP contribution is 2.31. The average Bonchev–Trinajstić information content (AvgIpc) is 2.87. The molecule has 0 radical (unpaired) electrons. The molecule has 0 bridgehead atoms. The zero-order valence-electron chi connectivity index (χ0n) is 20.4. The van der Waals surface area contributed by atoms with Gasteiger partial charge in [-0.05, 0) is 24.3 Å². The standard InChI is InChI=1S/2C12H15N3O2S/c2*1-15(2)11-7-3-6-10-9(11)5-4-8-12(10)18(16,17)14-13/h2*3-8,14H,13H2,1-2H3. The summed E-state index contributed by atoms with van der Waals surface area (Å²) in [4.78, 5) is 7.96. The predicted octanol–water partition coefficient (Wildman–Crippen LogP) is 2.12. The summed E-state index contributed by atoms with van der Waals surface area (Å²) in [5, 5.41) is 3.06.